The van der Waals surface area contributed by atoms with E-state index in [1.54, 1.807) is 28.4 Å². The van der Waals surface area contributed by atoms with Crippen LogP contribution >= 0.6 is 11.3 Å². The second kappa shape index (κ2) is 9.51. The van der Waals surface area contributed by atoms with Crippen LogP contribution < -0.4 is 0 Å². The van der Waals surface area contributed by atoms with E-state index in [0.717, 1.165) is 17.5 Å². The minimum Gasteiger partial charge on any atom is -0.333 e. The molecule has 1 atom stereocenters. The van der Waals surface area contributed by atoms with E-state index in [9.17, 15) is 14.0 Å². The summed E-state index contributed by atoms with van der Waals surface area (Å²) in [7, 11) is 0. The molecule has 1 unspecified atom stereocenters. The van der Waals surface area contributed by atoms with E-state index in [0.29, 0.717) is 19.5 Å². The number of halogens is 1. The normalized spacial score (nSPS) is 16.4. The van der Waals surface area contributed by atoms with E-state index in [1.807, 2.05) is 31.1 Å². The molecule has 0 spiro atoms. The number of carbonyl (C=O) groups excluding carboxylic acids is 2. The van der Waals surface area contributed by atoms with Gasteiger partial charge in [0.15, 0.2) is 0 Å². The number of carbonyl (C=O) groups is 2. The number of amides is 2. The number of thiophene rings is 1. The van der Waals surface area contributed by atoms with Crippen molar-refractivity contribution in [2.45, 2.75) is 53.5 Å². The van der Waals surface area contributed by atoms with Gasteiger partial charge in [0.25, 0.3) is 0 Å². The Morgan fingerprint density at radius 1 is 1.19 bits per heavy atom. The summed E-state index contributed by atoms with van der Waals surface area (Å²) in [5.41, 5.74) is 1.86. The van der Waals surface area contributed by atoms with Crippen molar-refractivity contribution in [2.24, 2.45) is 11.3 Å². The van der Waals surface area contributed by atoms with Gasteiger partial charge in [-0.25, -0.2) is 4.39 Å². The molecule has 6 heteroatoms. The zero-order chi connectivity index (χ0) is 22.8. The third-order valence-electron chi connectivity index (χ3n) is 5.42. The van der Waals surface area contributed by atoms with Gasteiger partial charge in [0, 0.05) is 24.4 Å². The van der Waals surface area contributed by atoms with Crippen molar-refractivity contribution in [3.05, 3.63) is 57.5 Å². The lowest BCUT2D eigenvalue weighted by molar-refractivity contribution is -0.143. The summed E-state index contributed by atoms with van der Waals surface area (Å²) in [5, 5.41) is 2.05. The van der Waals surface area contributed by atoms with Gasteiger partial charge in [-0.3, -0.25) is 9.59 Å². The highest BCUT2D eigenvalue weighted by molar-refractivity contribution is 7.10. The van der Waals surface area contributed by atoms with Crippen molar-refractivity contribution in [3.8, 4) is 0 Å². The lowest BCUT2D eigenvalue weighted by Crippen LogP contribution is -2.48. The second-order valence-electron chi connectivity index (χ2n) is 10.00. The van der Waals surface area contributed by atoms with Crippen LogP contribution in [-0.4, -0.2) is 41.2 Å². The fourth-order valence-electron chi connectivity index (χ4n) is 4.10. The Bertz CT molecular complexity index is 914. The van der Waals surface area contributed by atoms with Gasteiger partial charge in [-0.2, -0.15) is 0 Å². The topological polar surface area (TPSA) is 40.6 Å². The molecule has 2 amide bonds. The Labute approximate surface area is 189 Å². The van der Waals surface area contributed by atoms with Gasteiger partial charge < -0.3 is 9.80 Å². The van der Waals surface area contributed by atoms with Crippen LogP contribution in [0, 0.1) is 17.2 Å². The zero-order valence-corrected chi connectivity index (χ0v) is 20.0. The molecule has 3 rings (SSSR count). The van der Waals surface area contributed by atoms with Gasteiger partial charge in [-0.1, -0.05) is 46.8 Å². The molecule has 0 N–H and O–H groups in total. The van der Waals surface area contributed by atoms with Crippen LogP contribution in [-0.2, 0) is 16.0 Å². The van der Waals surface area contributed by atoms with Crippen LogP contribution in [0.3, 0.4) is 0 Å². The standard InChI is InChI=1S/C25H33FN2O2S/c1-17(2)15-27(22(29)14-25(3,4)5)16-23(30)28-12-10-21-20(11-13-31-21)24(28)18-6-8-19(26)9-7-18/h6-9,11,13,17,24H,10,12,14-16H2,1-5H3. The molecule has 0 saturated carbocycles. The quantitative estimate of drug-likeness (QED) is 0.608. The first-order valence-electron chi connectivity index (χ1n) is 10.9. The summed E-state index contributed by atoms with van der Waals surface area (Å²) in [6.45, 7) is 11.4. The Morgan fingerprint density at radius 2 is 1.87 bits per heavy atom. The van der Waals surface area contributed by atoms with Gasteiger partial charge in [0.1, 0.15) is 5.82 Å². The van der Waals surface area contributed by atoms with Gasteiger partial charge >= 0.3 is 0 Å². The summed E-state index contributed by atoms with van der Waals surface area (Å²) in [6.07, 6.45) is 1.21. The Hall–Kier alpha value is -2.21. The maximum absolute atomic E-state index is 13.5. The monoisotopic (exact) mass is 444 g/mol. The zero-order valence-electron chi connectivity index (χ0n) is 19.2. The summed E-state index contributed by atoms with van der Waals surface area (Å²) in [5.74, 6) is -0.0662. The van der Waals surface area contributed by atoms with Gasteiger partial charge in [-0.15, -0.1) is 11.3 Å². The van der Waals surface area contributed by atoms with E-state index in [4.69, 9.17) is 0 Å². The molecule has 1 aliphatic rings. The smallest absolute Gasteiger partial charge is 0.242 e. The van der Waals surface area contributed by atoms with Crippen molar-refractivity contribution in [1.29, 1.82) is 0 Å². The molecule has 0 saturated heterocycles. The highest BCUT2D eigenvalue weighted by atomic mass is 32.1. The van der Waals surface area contributed by atoms with E-state index in [-0.39, 0.29) is 41.6 Å². The molecule has 1 aromatic heterocycles. The molecule has 0 aliphatic carbocycles. The van der Waals surface area contributed by atoms with E-state index in [1.165, 1.54) is 17.0 Å². The molecule has 2 aromatic rings. The average Bonchev–Trinajstić information content (AvgIpc) is 3.14. The third kappa shape index (κ3) is 5.94. The van der Waals surface area contributed by atoms with Crippen molar-refractivity contribution in [3.63, 3.8) is 0 Å². The Balaban J connectivity index is 1.86. The molecular formula is C25H33FN2O2S. The fraction of sp³-hybridized carbons (Fsp3) is 0.520. The molecule has 0 radical (unpaired) electrons. The van der Waals surface area contributed by atoms with Crippen LogP contribution in [0.4, 0.5) is 4.39 Å². The van der Waals surface area contributed by atoms with Crippen LogP contribution in [0.25, 0.3) is 0 Å². The van der Waals surface area contributed by atoms with Gasteiger partial charge in [0.05, 0.1) is 12.6 Å². The maximum Gasteiger partial charge on any atom is 0.242 e. The predicted molar refractivity (Wildman–Crippen MR) is 123 cm³/mol. The molecule has 2 heterocycles. The highest BCUT2D eigenvalue weighted by Crippen LogP contribution is 2.38. The SMILES string of the molecule is CC(C)CN(CC(=O)N1CCc2sccc2C1c1ccc(F)cc1)C(=O)CC(C)(C)C. The van der Waals surface area contributed by atoms with Crippen LogP contribution in [0.5, 0.6) is 0 Å². The van der Waals surface area contributed by atoms with Gasteiger partial charge in [0.2, 0.25) is 11.8 Å². The molecule has 0 bridgehead atoms. The Morgan fingerprint density at radius 3 is 2.48 bits per heavy atom. The van der Waals surface area contributed by atoms with Crippen LogP contribution in [0.2, 0.25) is 0 Å². The number of benzene rings is 1. The molecule has 0 fully saturated rings. The van der Waals surface area contributed by atoms with Crippen molar-refractivity contribution < 1.29 is 14.0 Å². The lowest BCUT2D eigenvalue weighted by Gasteiger charge is -2.38. The molecule has 1 aliphatic heterocycles. The molecule has 168 valence electrons. The minimum absolute atomic E-state index is 0.0149. The minimum atomic E-state index is -0.293. The van der Waals surface area contributed by atoms with E-state index >= 15 is 0 Å². The molecule has 4 nitrogen and oxygen atoms in total. The average molecular weight is 445 g/mol. The van der Waals surface area contributed by atoms with Crippen molar-refractivity contribution in [1.82, 2.24) is 9.80 Å². The highest BCUT2D eigenvalue weighted by Gasteiger charge is 2.34. The summed E-state index contributed by atoms with van der Waals surface area (Å²) in [4.78, 5) is 31.3. The number of hydrogen-bond acceptors (Lipinski definition) is 3. The first-order chi connectivity index (χ1) is 14.5. The number of nitrogens with zero attached hydrogens (tertiary/aromatic N) is 2. The molecule has 31 heavy (non-hydrogen) atoms. The van der Waals surface area contributed by atoms with E-state index in [2.05, 4.69) is 19.9 Å². The van der Waals surface area contributed by atoms with Crippen LogP contribution in [0.1, 0.15) is 63.1 Å². The predicted octanol–water partition coefficient (Wildman–Crippen LogP) is 5.28. The first-order valence-corrected chi connectivity index (χ1v) is 11.8. The molecule has 1 aromatic carbocycles. The molecular weight excluding hydrogens is 411 g/mol. The summed E-state index contributed by atoms with van der Waals surface area (Å²) >= 11 is 1.70. The van der Waals surface area contributed by atoms with Crippen molar-refractivity contribution >= 4 is 23.2 Å². The number of fused-ring (bicyclic) bond motifs is 1. The largest absolute Gasteiger partial charge is 0.333 e. The van der Waals surface area contributed by atoms with Crippen LogP contribution in [0.15, 0.2) is 35.7 Å². The summed E-state index contributed by atoms with van der Waals surface area (Å²) < 4.78 is 13.5. The second-order valence-corrected chi connectivity index (χ2v) is 11.0. The van der Waals surface area contributed by atoms with Gasteiger partial charge in [-0.05, 0) is 52.5 Å². The Kier molecular flexibility index (Phi) is 7.20. The maximum atomic E-state index is 13.5. The number of hydrogen-bond donors (Lipinski definition) is 0. The first kappa shape index (κ1) is 23.5. The lowest BCUT2D eigenvalue weighted by atomic mass is 9.91. The van der Waals surface area contributed by atoms with E-state index < -0.39 is 0 Å². The summed E-state index contributed by atoms with van der Waals surface area (Å²) in [6, 6.07) is 8.20. The fourth-order valence-corrected chi connectivity index (χ4v) is 5.01. The van der Waals surface area contributed by atoms with Crippen molar-refractivity contribution in [2.75, 3.05) is 19.6 Å². The third-order valence-corrected chi connectivity index (χ3v) is 6.41. The number of rotatable bonds is 6.